The molecule has 1 N–H and O–H groups in total. The lowest BCUT2D eigenvalue weighted by Gasteiger charge is -2.33. The Morgan fingerprint density at radius 1 is 1.10 bits per heavy atom. The molecule has 0 aromatic heterocycles. The second-order valence-electron chi connectivity index (χ2n) is 4.79. The van der Waals surface area contributed by atoms with Gasteiger partial charge in [-0.1, -0.05) is 12.1 Å². The minimum absolute atomic E-state index is 0.0254. The molecule has 6 heteroatoms. The van der Waals surface area contributed by atoms with Crippen molar-refractivity contribution < 1.29 is 24.2 Å². The number of aliphatic hydroxyl groups excluding tert-OH is 1. The van der Waals surface area contributed by atoms with Crippen LogP contribution in [0.4, 0.5) is 0 Å². The second kappa shape index (κ2) is 5.32. The van der Waals surface area contributed by atoms with Crippen molar-refractivity contribution >= 4 is 11.8 Å². The van der Waals surface area contributed by atoms with Crippen molar-refractivity contribution in [2.45, 2.75) is 18.8 Å². The van der Waals surface area contributed by atoms with E-state index in [1.807, 2.05) is 0 Å². The van der Waals surface area contributed by atoms with Crippen LogP contribution in [0.15, 0.2) is 24.3 Å². The molecular formula is C14H15NO5. The Hall–Kier alpha value is -1.76. The van der Waals surface area contributed by atoms with E-state index in [2.05, 4.69) is 0 Å². The molecule has 1 aromatic carbocycles. The summed E-state index contributed by atoms with van der Waals surface area (Å²) < 4.78 is 10.8. The molecule has 0 aliphatic carbocycles. The Morgan fingerprint density at radius 3 is 2.15 bits per heavy atom. The third kappa shape index (κ3) is 2.11. The van der Waals surface area contributed by atoms with Gasteiger partial charge in [0.1, 0.15) is 0 Å². The maximum Gasteiger partial charge on any atom is 0.261 e. The number of nitrogens with zero attached hydrogens (tertiary/aromatic N) is 1. The van der Waals surface area contributed by atoms with Gasteiger partial charge in [-0.2, -0.15) is 0 Å². The molecule has 2 aliphatic rings. The zero-order valence-corrected chi connectivity index (χ0v) is 10.8. The van der Waals surface area contributed by atoms with Crippen LogP contribution >= 0.6 is 0 Å². The van der Waals surface area contributed by atoms with Crippen LogP contribution in [0.5, 0.6) is 0 Å². The van der Waals surface area contributed by atoms with E-state index in [1.54, 1.807) is 24.3 Å². The van der Waals surface area contributed by atoms with Crippen LogP contribution in [0.1, 0.15) is 27.1 Å². The molecule has 2 aliphatic heterocycles. The van der Waals surface area contributed by atoms with Crippen LogP contribution in [0, 0.1) is 0 Å². The zero-order chi connectivity index (χ0) is 14.1. The number of rotatable bonds is 3. The maximum absolute atomic E-state index is 12.3. The molecule has 106 valence electrons. The largest absolute Gasteiger partial charge is 0.396 e. The molecular weight excluding hydrogens is 262 g/mol. The SMILES string of the molecule is O=C1c2ccccc2C(=O)N1C1COC(CCO)OC1. The van der Waals surface area contributed by atoms with Gasteiger partial charge in [0, 0.05) is 13.0 Å². The summed E-state index contributed by atoms with van der Waals surface area (Å²) in [5.74, 6) is -0.605. The second-order valence-corrected chi connectivity index (χ2v) is 4.79. The van der Waals surface area contributed by atoms with Crippen molar-refractivity contribution in [2.75, 3.05) is 19.8 Å². The quantitative estimate of drug-likeness (QED) is 0.810. The minimum Gasteiger partial charge on any atom is -0.396 e. The standard InChI is InChI=1S/C14H15NO5/c16-6-5-12-19-7-9(8-20-12)15-13(17)10-3-1-2-4-11(10)14(15)18/h1-4,9,12,16H,5-8H2. The first kappa shape index (κ1) is 13.2. The number of aliphatic hydroxyl groups is 1. The Labute approximate surface area is 115 Å². The summed E-state index contributed by atoms with van der Waals surface area (Å²) in [6.07, 6.45) is -0.0825. The van der Waals surface area contributed by atoms with E-state index in [-0.39, 0.29) is 31.6 Å². The summed E-state index contributed by atoms with van der Waals surface area (Å²) >= 11 is 0. The fraction of sp³-hybridized carbons (Fsp3) is 0.429. The van der Waals surface area contributed by atoms with Crippen molar-refractivity contribution in [3.8, 4) is 0 Å². The monoisotopic (exact) mass is 277 g/mol. The van der Waals surface area contributed by atoms with E-state index in [9.17, 15) is 9.59 Å². The van der Waals surface area contributed by atoms with E-state index in [0.717, 1.165) is 0 Å². The molecule has 0 bridgehead atoms. The fourth-order valence-electron chi connectivity index (χ4n) is 2.49. The van der Waals surface area contributed by atoms with E-state index in [1.165, 1.54) is 4.90 Å². The summed E-state index contributed by atoms with van der Waals surface area (Å²) in [4.78, 5) is 25.7. The van der Waals surface area contributed by atoms with Crippen molar-refractivity contribution in [2.24, 2.45) is 0 Å². The molecule has 3 rings (SSSR count). The van der Waals surface area contributed by atoms with Gasteiger partial charge in [-0.15, -0.1) is 0 Å². The number of hydrogen-bond acceptors (Lipinski definition) is 5. The molecule has 6 nitrogen and oxygen atoms in total. The summed E-state index contributed by atoms with van der Waals surface area (Å²) in [5.41, 5.74) is 0.852. The molecule has 1 saturated heterocycles. The highest BCUT2D eigenvalue weighted by Crippen LogP contribution is 2.26. The number of imide groups is 1. The zero-order valence-electron chi connectivity index (χ0n) is 10.8. The van der Waals surface area contributed by atoms with Crippen LogP contribution < -0.4 is 0 Å². The van der Waals surface area contributed by atoms with Crippen LogP contribution in [0.3, 0.4) is 0 Å². The Morgan fingerprint density at radius 2 is 1.65 bits per heavy atom. The first-order chi connectivity index (χ1) is 9.72. The minimum atomic E-state index is -0.466. The van der Waals surface area contributed by atoms with Crippen LogP contribution in [-0.2, 0) is 9.47 Å². The van der Waals surface area contributed by atoms with Crippen LogP contribution in [0.25, 0.3) is 0 Å². The number of fused-ring (bicyclic) bond motifs is 1. The molecule has 2 heterocycles. The normalized spacial score (nSPS) is 25.9. The molecule has 0 radical (unpaired) electrons. The first-order valence-electron chi connectivity index (χ1n) is 6.53. The van der Waals surface area contributed by atoms with Gasteiger partial charge < -0.3 is 14.6 Å². The number of carbonyl (C=O) groups excluding carboxylic acids is 2. The molecule has 20 heavy (non-hydrogen) atoms. The third-order valence-corrected chi connectivity index (χ3v) is 3.50. The lowest BCUT2D eigenvalue weighted by molar-refractivity contribution is -0.202. The van der Waals surface area contributed by atoms with Gasteiger partial charge in [0.25, 0.3) is 11.8 Å². The topological polar surface area (TPSA) is 76.1 Å². The summed E-state index contributed by atoms with van der Waals surface area (Å²) in [7, 11) is 0. The number of benzene rings is 1. The lowest BCUT2D eigenvalue weighted by atomic mass is 10.1. The fourth-order valence-corrected chi connectivity index (χ4v) is 2.49. The predicted octanol–water partition coefficient (Wildman–Crippen LogP) is 0.407. The average Bonchev–Trinajstić information content (AvgIpc) is 2.73. The van der Waals surface area contributed by atoms with E-state index in [0.29, 0.717) is 17.5 Å². The highest BCUT2D eigenvalue weighted by atomic mass is 16.7. The van der Waals surface area contributed by atoms with Gasteiger partial charge >= 0.3 is 0 Å². The maximum atomic E-state index is 12.3. The Kier molecular flexibility index (Phi) is 3.52. The van der Waals surface area contributed by atoms with Crippen molar-refractivity contribution in [1.82, 2.24) is 4.90 Å². The summed E-state index contributed by atoms with van der Waals surface area (Å²) in [5, 5.41) is 8.82. The lowest BCUT2D eigenvalue weighted by Crippen LogP contribution is -2.49. The molecule has 0 saturated carbocycles. The first-order valence-corrected chi connectivity index (χ1v) is 6.53. The van der Waals surface area contributed by atoms with Gasteiger partial charge in [0.15, 0.2) is 6.29 Å². The average molecular weight is 277 g/mol. The number of ether oxygens (including phenoxy) is 2. The van der Waals surface area contributed by atoms with Gasteiger partial charge in [-0.05, 0) is 12.1 Å². The number of hydrogen-bond donors (Lipinski definition) is 1. The molecule has 2 amide bonds. The van der Waals surface area contributed by atoms with Crippen molar-refractivity contribution in [3.63, 3.8) is 0 Å². The molecule has 1 fully saturated rings. The molecule has 0 atom stereocenters. The summed E-state index contributed by atoms with van der Waals surface area (Å²) in [6, 6.07) is 6.35. The Bertz CT molecular complexity index is 501. The van der Waals surface area contributed by atoms with E-state index in [4.69, 9.17) is 14.6 Å². The Balaban J connectivity index is 1.74. The number of carbonyl (C=O) groups is 2. The predicted molar refractivity (Wildman–Crippen MR) is 68.1 cm³/mol. The van der Waals surface area contributed by atoms with E-state index < -0.39 is 12.3 Å². The van der Waals surface area contributed by atoms with Gasteiger partial charge in [0.2, 0.25) is 0 Å². The molecule has 0 unspecified atom stereocenters. The van der Waals surface area contributed by atoms with E-state index >= 15 is 0 Å². The highest BCUT2D eigenvalue weighted by molar-refractivity contribution is 6.21. The highest BCUT2D eigenvalue weighted by Gasteiger charge is 2.41. The van der Waals surface area contributed by atoms with Gasteiger partial charge in [0.05, 0.1) is 30.4 Å². The van der Waals surface area contributed by atoms with Crippen LogP contribution in [-0.4, -0.2) is 54.0 Å². The van der Waals surface area contributed by atoms with Gasteiger partial charge in [-0.3, -0.25) is 14.5 Å². The van der Waals surface area contributed by atoms with Crippen molar-refractivity contribution in [3.05, 3.63) is 35.4 Å². The van der Waals surface area contributed by atoms with Crippen molar-refractivity contribution in [1.29, 1.82) is 0 Å². The smallest absolute Gasteiger partial charge is 0.261 e. The molecule has 0 spiro atoms. The summed E-state index contributed by atoms with van der Waals surface area (Å²) in [6.45, 7) is 0.439. The third-order valence-electron chi connectivity index (χ3n) is 3.50. The van der Waals surface area contributed by atoms with Crippen LogP contribution in [0.2, 0.25) is 0 Å². The number of amides is 2. The molecule has 1 aromatic rings. The van der Waals surface area contributed by atoms with Gasteiger partial charge in [-0.25, -0.2) is 0 Å².